The first-order chi connectivity index (χ1) is 28.3. The summed E-state index contributed by atoms with van der Waals surface area (Å²) in [6, 6.07) is 49.5. The molecule has 0 N–H and O–H groups in total. The maximum Gasteiger partial charge on any atom is 0.135 e. The minimum atomic E-state index is -2.23. The van der Waals surface area contributed by atoms with E-state index in [2.05, 4.69) is 190 Å². The molecule has 2 aromatic heterocycles. The van der Waals surface area contributed by atoms with Gasteiger partial charge < -0.3 is 4.42 Å². The topological polar surface area (TPSA) is 38.9 Å². The van der Waals surface area contributed by atoms with Gasteiger partial charge in [-0.1, -0.05) is 170 Å². The van der Waals surface area contributed by atoms with E-state index in [-0.39, 0.29) is 0 Å². The predicted molar refractivity (Wildman–Crippen MR) is 265 cm³/mol. The minimum absolute atomic E-state index is 0.937. The Bertz CT molecular complexity index is 3260. The summed E-state index contributed by atoms with van der Waals surface area (Å²) < 4.78 is 6.37. The van der Waals surface area contributed by atoms with Crippen LogP contribution in [0.4, 0.5) is 0 Å². The van der Waals surface area contributed by atoms with Crippen LogP contribution < -0.4 is 20.7 Å². The second-order valence-corrected chi connectivity index (χ2v) is 49.2. The van der Waals surface area contributed by atoms with Crippen molar-refractivity contribution >= 4 is 116 Å². The van der Waals surface area contributed by atoms with Crippen molar-refractivity contribution in [1.29, 1.82) is 0 Å². The van der Waals surface area contributed by atoms with Gasteiger partial charge in [-0.05, 0) is 84.5 Å². The fourth-order valence-corrected chi connectivity index (χ4v) is 29.8. The smallest absolute Gasteiger partial charge is 0.135 e. The van der Waals surface area contributed by atoms with E-state index in [0.29, 0.717) is 0 Å². The number of hydrogen-bond acceptors (Lipinski definition) is 3. The Morgan fingerprint density at radius 1 is 0.339 bits per heavy atom. The summed E-state index contributed by atoms with van der Waals surface area (Å²) in [5, 5.41) is 19.6. The Kier molecular flexibility index (Phi) is 7.78. The highest BCUT2D eigenvalue weighted by Gasteiger charge is 2.48. The molecule has 0 radical (unpaired) electrons. The molecule has 1 aliphatic heterocycles. The largest absolute Gasteiger partial charge is 0.456 e. The number of furan rings is 1. The van der Waals surface area contributed by atoms with Crippen molar-refractivity contribution in [1.82, 2.24) is 9.97 Å². The van der Waals surface area contributed by atoms with Gasteiger partial charge in [0.2, 0.25) is 0 Å². The van der Waals surface area contributed by atoms with Crippen LogP contribution in [0.1, 0.15) is 0 Å². The van der Waals surface area contributed by atoms with Gasteiger partial charge in [0.1, 0.15) is 17.5 Å². The number of nitrogens with zero attached hydrogens (tertiary/aromatic N) is 2. The third kappa shape index (κ3) is 4.96. The average molecular weight is 829 g/mol. The third-order valence-electron chi connectivity index (χ3n) is 15.4. The van der Waals surface area contributed by atoms with Gasteiger partial charge in [-0.15, -0.1) is 0 Å². The highest BCUT2D eigenvalue weighted by atomic mass is 29.3. The first-order valence-corrected chi connectivity index (χ1v) is 35.0. The van der Waals surface area contributed by atoms with E-state index in [1.165, 1.54) is 70.6 Å². The van der Waals surface area contributed by atoms with Crippen LogP contribution in [0.2, 0.25) is 52.4 Å². The number of hydrogen-bond donors (Lipinski definition) is 0. The molecule has 3 nitrogen and oxygen atoms in total. The number of fused-ring (bicyclic) bond motifs is 3. The summed E-state index contributed by atoms with van der Waals surface area (Å²) in [6.45, 7) is 21.4. The Labute approximate surface area is 349 Å². The van der Waals surface area contributed by atoms with Crippen LogP contribution in [-0.4, -0.2) is 40.3 Å². The number of benzene rings is 8. The van der Waals surface area contributed by atoms with Crippen LogP contribution in [-0.2, 0) is 0 Å². The lowest BCUT2D eigenvalue weighted by Crippen LogP contribution is -2.70. The molecule has 8 aromatic carbocycles. The molecule has 7 heteroatoms. The van der Waals surface area contributed by atoms with E-state index in [1.807, 2.05) is 12.4 Å². The van der Waals surface area contributed by atoms with E-state index in [4.69, 9.17) is 4.42 Å². The van der Waals surface area contributed by atoms with E-state index >= 15 is 0 Å². The van der Waals surface area contributed by atoms with Crippen molar-refractivity contribution in [3.05, 3.63) is 146 Å². The molecule has 0 aliphatic carbocycles. The van der Waals surface area contributed by atoms with Crippen LogP contribution in [0.3, 0.4) is 0 Å². The molecular weight excluding hydrogens is 781 g/mol. The predicted octanol–water partition coefficient (Wildman–Crippen LogP) is 11.9. The molecule has 288 valence electrons. The SMILES string of the molecule is C[Si]1(C)c2cccc3c(-c4cncnc4)c4cccc(c4cc23)[Si](C)(C)[Si](C)(C)c2cccc3c(-c4ccc5oc6ccccc6c5c4)c4cccc(c4cc23)[Si]1(C)C. The van der Waals surface area contributed by atoms with Gasteiger partial charge in [-0.3, -0.25) is 0 Å². The molecule has 0 unspecified atom stereocenters. The molecule has 0 saturated heterocycles. The molecule has 3 heterocycles. The Morgan fingerprint density at radius 3 is 1.19 bits per heavy atom. The lowest BCUT2D eigenvalue weighted by molar-refractivity contribution is 0.669. The van der Waals surface area contributed by atoms with E-state index in [9.17, 15) is 0 Å². The summed E-state index contributed by atoms with van der Waals surface area (Å²) in [4.78, 5) is 9.14. The molecular formula is C52H48N2OSi4. The molecule has 59 heavy (non-hydrogen) atoms. The summed E-state index contributed by atoms with van der Waals surface area (Å²) in [7, 11) is -8.91. The van der Waals surface area contributed by atoms with Crippen LogP contribution in [0.5, 0.6) is 0 Å². The lowest BCUT2D eigenvalue weighted by Gasteiger charge is -2.42. The fraction of sp³-hybridized carbons (Fsp3) is 0.154. The molecule has 0 amide bonds. The van der Waals surface area contributed by atoms with Crippen molar-refractivity contribution in [2.24, 2.45) is 0 Å². The second-order valence-electron chi connectivity index (χ2n) is 19.0. The van der Waals surface area contributed by atoms with Crippen LogP contribution >= 0.6 is 0 Å². The Morgan fingerprint density at radius 2 is 0.729 bits per heavy atom. The second kappa shape index (κ2) is 12.5. The molecule has 10 aromatic rings. The first-order valence-electron chi connectivity index (χ1n) is 21.0. The maximum atomic E-state index is 6.37. The van der Waals surface area contributed by atoms with Crippen molar-refractivity contribution in [3.8, 4) is 22.3 Å². The molecule has 4 bridgehead atoms. The standard InChI is InChI=1S/C52H48N2OSi4/c1-56(2)47-21-11-16-36-41(47)28-42-37(51(36)33-25-26-46-40(27-33)35-15-9-10-20-45(35)55-46)17-12-22-48(42)57(3,4)59(7,8)50-24-14-19-39-44(50)29-43-38(18-13-23-49(43)58(56,5)6)52(39)34-30-53-32-54-31-34/h9-32H,1-8H3. The highest BCUT2D eigenvalue weighted by molar-refractivity contribution is 7.51. The summed E-state index contributed by atoms with van der Waals surface area (Å²) in [5.41, 5.74) is 6.83. The zero-order chi connectivity index (χ0) is 40.6. The summed E-state index contributed by atoms with van der Waals surface area (Å²) in [6.07, 6.45) is 5.68. The van der Waals surface area contributed by atoms with Crippen LogP contribution in [0.25, 0.3) is 87.3 Å². The summed E-state index contributed by atoms with van der Waals surface area (Å²) in [5.74, 6) is 0. The average Bonchev–Trinajstić information content (AvgIpc) is 3.61. The van der Waals surface area contributed by atoms with E-state index < -0.39 is 30.4 Å². The quantitative estimate of drug-likeness (QED) is 0.129. The van der Waals surface area contributed by atoms with E-state index in [1.54, 1.807) is 27.1 Å². The third-order valence-corrected chi connectivity index (χ3v) is 50.8. The summed E-state index contributed by atoms with van der Waals surface area (Å²) >= 11 is 0. The van der Waals surface area contributed by atoms with Crippen molar-refractivity contribution in [2.75, 3.05) is 0 Å². The van der Waals surface area contributed by atoms with Gasteiger partial charge in [0.15, 0.2) is 0 Å². The van der Waals surface area contributed by atoms with Gasteiger partial charge in [-0.2, -0.15) is 0 Å². The van der Waals surface area contributed by atoms with Gasteiger partial charge in [0, 0.05) is 34.3 Å². The molecule has 11 rings (SSSR count). The Balaban J connectivity index is 1.32. The monoisotopic (exact) mass is 828 g/mol. The fourth-order valence-electron chi connectivity index (χ4n) is 10.8. The zero-order valence-electron chi connectivity index (χ0n) is 35.2. The number of aromatic nitrogens is 2. The lowest BCUT2D eigenvalue weighted by atomic mass is 9.91. The zero-order valence-corrected chi connectivity index (χ0v) is 39.2. The van der Waals surface area contributed by atoms with Crippen LogP contribution in [0, 0.1) is 0 Å². The molecule has 0 atom stereocenters. The highest BCUT2D eigenvalue weighted by Crippen LogP contribution is 2.42. The van der Waals surface area contributed by atoms with Crippen molar-refractivity contribution in [3.63, 3.8) is 0 Å². The van der Waals surface area contributed by atoms with Crippen molar-refractivity contribution < 1.29 is 4.42 Å². The maximum absolute atomic E-state index is 6.37. The van der Waals surface area contributed by atoms with Gasteiger partial charge in [0.25, 0.3) is 0 Å². The Hall–Kier alpha value is -5.45. The molecule has 0 fully saturated rings. The van der Waals surface area contributed by atoms with Crippen LogP contribution in [0.15, 0.2) is 151 Å². The molecule has 0 saturated carbocycles. The molecule has 0 spiro atoms. The van der Waals surface area contributed by atoms with Gasteiger partial charge in [0.05, 0.1) is 30.4 Å². The first kappa shape index (κ1) is 36.6. The van der Waals surface area contributed by atoms with E-state index in [0.717, 1.165) is 16.7 Å². The van der Waals surface area contributed by atoms with Crippen molar-refractivity contribution in [2.45, 2.75) is 52.4 Å². The van der Waals surface area contributed by atoms with Gasteiger partial charge >= 0.3 is 0 Å². The number of para-hydroxylation sites is 1. The van der Waals surface area contributed by atoms with Gasteiger partial charge in [-0.25, -0.2) is 9.97 Å². The minimum Gasteiger partial charge on any atom is -0.456 e. The number of rotatable bonds is 2. The normalized spacial score (nSPS) is 16.7. The molecule has 1 aliphatic rings.